The van der Waals surface area contributed by atoms with E-state index in [9.17, 15) is 36.2 Å². The smallest absolute Gasteiger partial charge is 0.417 e. The molecule has 1 aromatic rings. The molecule has 0 spiro atoms. The van der Waals surface area contributed by atoms with Crippen LogP contribution in [-0.4, -0.2) is 16.2 Å². The Labute approximate surface area is 112 Å². The van der Waals surface area contributed by atoms with E-state index in [-0.39, 0.29) is 12.1 Å². The fraction of sp³-hybridized carbons (Fsp3) is 0.273. The molecule has 0 aliphatic heterocycles. The molecule has 0 saturated carbocycles. The second-order valence-electron chi connectivity index (χ2n) is 3.83. The average Bonchev–Trinajstić information content (AvgIpc) is 2.33. The van der Waals surface area contributed by atoms with Crippen molar-refractivity contribution in [2.75, 3.05) is 0 Å². The quantitative estimate of drug-likeness (QED) is 0.823. The van der Waals surface area contributed by atoms with Crippen LogP contribution in [0.1, 0.15) is 28.4 Å². The van der Waals surface area contributed by atoms with Gasteiger partial charge in [0.15, 0.2) is 6.10 Å². The number of alkyl halides is 6. The van der Waals surface area contributed by atoms with E-state index in [1.807, 2.05) is 0 Å². The Morgan fingerprint density at radius 2 is 1.52 bits per heavy atom. The summed E-state index contributed by atoms with van der Waals surface area (Å²) < 4.78 is 75.7. The van der Waals surface area contributed by atoms with Gasteiger partial charge < -0.3 is 10.2 Å². The number of aliphatic hydroxyl groups excluding tert-OH is 1. The van der Waals surface area contributed by atoms with Crippen LogP contribution in [0.2, 0.25) is 0 Å². The molecule has 0 bridgehead atoms. The van der Waals surface area contributed by atoms with Crippen molar-refractivity contribution >= 4 is 5.97 Å². The molecule has 0 amide bonds. The Hall–Kier alpha value is -2.28. The Balaban J connectivity index is 3.74. The number of carbonyl (C=O) groups is 1. The number of halogens is 6. The summed E-state index contributed by atoms with van der Waals surface area (Å²) in [5, 5.41) is 26.3. The van der Waals surface area contributed by atoms with Crippen LogP contribution in [-0.2, 0) is 17.1 Å². The summed E-state index contributed by atoms with van der Waals surface area (Å²) in [5.41, 5.74) is -6.38. The number of benzene rings is 1. The SMILES string of the molecule is N#Cc1cc(C(F)(F)F)c(C(F)(F)F)cc1C(O)C(=O)O. The molecule has 114 valence electrons. The molecule has 0 heterocycles. The van der Waals surface area contributed by atoms with Gasteiger partial charge in [-0.25, -0.2) is 4.79 Å². The fourth-order valence-corrected chi connectivity index (χ4v) is 1.54. The normalized spacial score (nSPS) is 13.6. The lowest BCUT2D eigenvalue weighted by Crippen LogP contribution is -2.20. The minimum atomic E-state index is -5.44. The minimum absolute atomic E-state index is 0.135. The molecule has 0 aliphatic rings. The van der Waals surface area contributed by atoms with Crippen molar-refractivity contribution in [1.29, 1.82) is 5.26 Å². The van der Waals surface area contributed by atoms with Gasteiger partial charge in [-0.3, -0.25) is 0 Å². The maximum Gasteiger partial charge on any atom is 0.417 e. The number of nitriles is 1. The van der Waals surface area contributed by atoms with Crippen molar-refractivity contribution < 1.29 is 41.4 Å². The van der Waals surface area contributed by atoms with Crippen LogP contribution in [0.5, 0.6) is 0 Å². The highest BCUT2D eigenvalue weighted by molar-refractivity contribution is 5.75. The third-order valence-corrected chi connectivity index (χ3v) is 2.45. The number of hydrogen-bond acceptors (Lipinski definition) is 3. The third kappa shape index (κ3) is 3.43. The standard InChI is InChI=1S/C11H5F6NO3/c12-10(13,14)6-1-4(3-18)5(8(19)9(20)21)2-7(6)11(15,16)17/h1-2,8,19H,(H,20,21). The second-order valence-corrected chi connectivity index (χ2v) is 3.83. The maximum atomic E-state index is 12.6. The van der Waals surface area contributed by atoms with Gasteiger partial charge in [0.1, 0.15) is 0 Å². The summed E-state index contributed by atoms with van der Waals surface area (Å²) in [4.78, 5) is 10.5. The van der Waals surface area contributed by atoms with Crippen LogP contribution in [0.15, 0.2) is 12.1 Å². The van der Waals surface area contributed by atoms with Crippen LogP contribution in [0.25, 0.3) is 0 Å². The first-order chi connectivity index (χ1) is 9.39. The van der Waals surface area contributed by atoms with Crippen LogP contribution in [0.3, 0.4) is 0 Å². The highest BCUT2D eigenvalue weighted by Crippen LogP contribution is 2.42. The van der Waals surface area contributed by atoms with Crippen LogP contribution in [0.4, 0.5) is 26.3 Å². The highest BCUT2D eigenvalue weighted by Gasteiger charge is 2.44. The Bertz CT molecular complexity index is 614. The zero-order valence-electron chi connectivity index (χ0n) is 9.75. The Kier molecular flexibility index (Phi) is 4.19. The first-order valence-electron chi connectivity index (χ1n) is 5.03. The first-order valence-corrected chi connectivity index (χ1v) is 5.03. The monoisotopic (exact) mass is 313 g/mol. The summed E-state index contributed by atoms with van der Waals surface area (Å²) in [6.07, 6.45) is -13.4. The summed E-state index contributed by atoms with van der Waals surface area (Å²) in [6, 6.07) is 0.817. The molecule has 0 fully saturated rings. The van der Waals surface area contributed by atoms with Crippen LogP contribution < -0.4 is 0 Å². The summed E-state index contributed by atoms with van der Waals surface area (Å²) in [6.45, 7) is 0. The zero-order valence-corrected chi connectivity index (χ0v) is 9.75. The lowest BCUT2D eigenvalue weighted by atomic mass is 9.95. The van der Waals surface area contributed by atoms with Crippen LogP contribution >= 0.6 is 0 Å². The molecule has 1 atom stereocenters. The number of carboxylic acids is 1. The van der Waals surface area contributed by atoms with Crippen molar-refractivity contribution in [2.24, 2.45) is 0 Å². The van der Waals surface area contributed by atoms with Gasteiger partial charge in [-0.1, -0.05) is 0 Å². The molecule has 1 unspecified atom stereocenters. The van der Waals surface area contributed by atoms with Gasteiger partial charge >= 0.3 is 18.3 Å². The minimum Gasteiger partial charge on any atom is -0.479 e. The van der Waals surface area contributed by atoms with Crippen molar-refractivity contribution in [2.45, 2.75) is 18.5 Å². The van der Waals surface area contributed by atoms with Gasteiger partial charge in [-0.2, -0.15) is 31.6 Å². The van der Waals surface area contributed by atoms with Gasteiger partial charge in [0.25, 0.3) is 0 Å². The second kappa shape index (κ2) is 5.25. The molecule has 0 aromatic heterocycles. The molecule has 1 rings (SSSR count). The van der Waals surface area contributed by atoms with Crippen molar-refractivity contribution in [3.8, 4) is 6.07 Å². The number of rotatable bonds is 2. The van der Waals surface area contributed by atoms with Crippen molar-refractivity contribution in [1.82, 2.24) is 0 Å². The molecule has 21 heavy (non-hydrogen) atoms. The van der Waals surface area contributed by atoms with Crippen molar-refractivity contribution in [3.05, 3.63) is 34.4 Å². The molecule has 10 heteroatoms. The predicted octanol–water partition coefficient (Wildman–Crippen LogP) is 2.71. The predicted molar refractivity (Wildman–Crippen MR) is 53.8 cm³/mol. The van der Waals surface area contributed by atoms with E-state index in [2.05, 4.69) is 0 Å². The number of nitrogens with zero attached hydrogens (tertiary/aromatic N) is 1. The summed E-state index contributed by atoms with van der Waals surface area (Å²) in [5.74, 6) is -2.00. The van der Waals surface area contributed by atoms with Gasteiger partial charge in [-0.15, -0.1) is 0 Å². The average molecular weight is 313 g/mol. The molecular formula is C11H5F6NO3. The topological polar surface area (TPSA) is 81.3 Å². The molecule has 4 nitrogen and oxygen atoms in total. The summed E-state index contributed by atoms with van der Waals surface area (Å²) in [7, 11) is 0. The van der Waals surface area contributed by atoms with E-state index < -0.39 is 46.7 Å². The van der Waals surface area contributed by atoms with E-state index in [1.54, 1.807) is 0 Å². The number of hydrogen-bond donors (Lipinski definition) is 2. The molecular weight excluding hydrogens is 308 g/mol. The molecule has 2 N–H and O–H groups in total. The lowest BCUT2D eigenvalue weighted by Gasteiger charge is -2.18. The Morgan fingerprint density at radius 3 is 1.86 bits per heavy atom. The molecule has 0 saturated heterocycles. The number of aliphatic carboxylic acids is 1. The van der Waals surface area contributed by atoms with Gasteiger partial charge in [0.2, 0.25) is 0 Å². The van der Waals surface area contributed by atoms with E-state index in [0.29, 0.717) is 0 Å². The fourth-order valence-electron chi connectivity index (χ4n) is 1.54. The molecule has 0 radical (unpaired) electrons. The van der Waals surface area contributed by atoms with Crippen LogP contribution in [0, 0.1) is 11.3 Å². The van der Waals surface area contributed by atoms with E-state index in [1.165, 1.54) is 0 Å². The molecule has 1 aromatic carbocycles. The Morgan fingerprint density at radius 1 is 1.10 bits per heavy atom. The van der Waals surface area contributed by atoms with Gasteiger partial charge in [0, 0.05) is 5.56 Å². The maximum absolute atomic E-state index is 12.6. The van der Waals surface area contributed by atoms with E-state index in [0.717, 1.165) is 6.07 Å². The third-order valence-electron chi connectivity index (χ3n) is 2.45. The number of carboxylic acid groups (broad SMARTS) is 1. The number of aliphatic hydroxyl groups is 1. The van der Waals surface area contributed by atoms with Crippen molar-refractivity contribution in [3.63, 3.8) is 0 Å². The zero-order chi connectivity index (χ0) is 16.6. The largest absolute Gasteiger partial charge is 0.479 e. The van der Waals surface area contributed by atoms with E-state index in [4.69, 9.17) is 10.4 Å². The lowest BCUT2D eigenvalue weighted by molar-refractivity contribution is -0.162. The van der Waals surface area contributed by atoms with Gasteiger partial charge in [-0.05, 0) is 12.1 Å². The highest BCUT2D eigenvalue weighted by atomic mass is 19.4. The van der Waals surface area contributed by atoms with E-state index >= 15 is 0 Å². The van der Waals surface area contributed by atoms with Gasteiger partial charge in [0.05, 0.1) is 22.8 Å². The molecule has 0 aliphatic carbocycles. The first kappa shape index (κ1) is 16.8. The summed E-state index contributed by atoms with van der Waals surface area (Å²) >= 11 is 0.